The Labute approximate surface area is 226 Å². The number of piperidine rings is 1. The minimum absolute atomic E-state index is 0.00711. The Morgan fingerprint density at radius 1 is 1.05 bits per heavy atom. The molecule has 4 rings (SSSR count). The van der Waals surface area contributed by atoms with Crippen molar-refractivity contribution in [1.82, 2.24) is 9.21 Å². The first-order valence-electron chi connectivity index (χ1n) is 12.2. The van der Waals surface area contributed by atoms with Crippen LogP contribution in [0, 0.1) is 17.0 Å². The molecule has 3 aromatic carbocycles. The third-order valence-electron chi connectivity index (χ3n) is 6.73. The van der Waals surface area contributed by atoms with Crippen molar-refractivity contribution in [2.75, 3.05) is 26.7 Å². The van der Waals surface area contributed by atoms with E-state index in [2.05, 4.69) is 0 Å². The predicted molar refractivity (Wildman–Crippen MR) is 141 cm³/mol. The lowest BCUT2D eigenvalue weighted by Gasteiger charge is -2.42. The van der Waals surface area contributed by atoms with Gasteiger partial charge in [0, 0.05) is 43.5 Å². The van der Waals surface area contributed by atoms with E-state index in [-0.39, 0.29) is 36.9 Å². The summed E-state index contributed by atoms with van der Waals surface area (Å²) in [5.41, 5.74) is 0.131. The fraction of sp³-hybridized carbons (Fsp3) is 0.321. The smallest absolute Gasteiger partial charge is 0.243 e. The lowest BCUT2D eigenvalue weighted by Crippen LogP contribution is -2.50. The molecule has 6 nitrogen and oxygen atoms in total. The zero-order chi connectivity index (χ0) is 27.3. The van der Waals surface area contributed by atoms with E-state index in [4.69, 9.17) is 16.3 Å². The van der Waals surface area contributed by atoms with Gasteiger partial charge in [-0.05, 0) is 60.9 Å². The Bertz CT molecular complexity index is 1370. The summed E-state index contributed by atoms with van der Waals surface area (Å²) in [6.07, 6.45) is 1.07. The fourth-order valence-corrected chi connectivity index (χ4v) is 6.37. The Morgan fingerprint density at radius 3 is 2.45 bits per heavy atom. The number of hydrogen-bond donors (Lipinski definition) is 0. The van der Waals surface area contributed by atoms with Crippen LogP contribution in [0.5, 0.6) is 5.75 Å². The van der Waals surface area contributed by atoms with Gasteiger partial charge >= 0.3 is 0 Å². The lowest BCUT2D eigenvalue weighted by molar-refractivity contribution is -0.134. The van der Waals surface area contributed by atoms with E-state index >= 15 is 0 Å². The predicted octanol–water partition coefficient (Wildman–Crippen LogP) is 5.52. The molecule has 3 aromatic rings. The van der Waals surface area contributed by atoms with Crippen LogP contribution in [0.15, 0.2) is 77.7 Å². The number of ether oxygens (including phenoxy) is 1. The molecule has 1 aliphatic rings. The average Bonchev–Trinajstić information content (AvgIpc) is 2.90. The van der Waals surface area contributed by atoms with Crippen LogP contribution < -0.4 is 4.74 Å². The van der Waals surface area contributed by atoms with Gasteiger partial charge < -0.3 is 9.64 Å². The maximum Gasteiger partial charge on any atom is 0.243 e. The first-order valence-corrected chi connectivity index (χ1v) is 14.0. The lowest BCUT2D eigenvalue weighted by atomic mass is 9.78. The van der Waals surface area contributed by atoms with Crippen molar-refractivity contribution in [3.63, 3.8) is 0 Å². The van der Waals surface area contributed by atoms with Gasteiger partial charge in [0.05, 0.1) is 11.5 Å². The Balaban J connectivity index is 1.58. The van der Waals surface area contributed by atoms with Gasteiger partial charge in [-0.1, -0.05) is 41.9 Å². The summed E-state index contributed by atoms with van der Waals surface area (Å²) in [5, 5.41) is 0.547. The second kappa shape index (κ2) is 11.8. The van der Waals surface area contributed by atoms with E-state index in [0.29, 0.717) is 36.2 Å². The number of halogens is 3. The van der Waals surface area contributed by atoms with Crippen molar-refractivity contribution in [1.29, 1.82) is 0 Å². The second-order valence-corrected chi connectivity index (χ2v) is 12.0. The van der Waals surface area contributed by atoms with Gasteiger partial charge in [-0.2, -0.15) is 4.31 Å². The summed E-state index contributed by atoms with van der Waals surface area (Å²) in [4.78, 5) is 14.7. The van der Waals surface area contributed by atoms with E-state index in [0.717, 1.165) is 17.7 Å². The highest BCUT2D eigenvalue weighted by Crippen LogP contribution is 2.37. The molecule has 0 aliphatic carbocycles. The van der Waals surface area contributed by atoms with Gasteiger partial charge in [-0.25, -0.2) is 17.2 Å². The number of amides is 1. The van der Waals surface area contributed by atoms with Crippen LogP contribution in [-0.2, 0) is 21.4 Å². The number of rotatable bonds is 9. The van der Waals surface area contributed by atoms with Crippen LogP contribution in [0.2, 0.25) is 5.02 Å². The summed E-state index contributed by atoms with van der Waals surface area (Å²) < 4.78 is 61.4. The van der Waals surface area contributed by atoms with E-state index < -0.39 is 27.1 Å². The molecule has 0 bridgehead atoms. The molecule has 1 fully saturated rings. The third kappa shape index (κ3) is 6.70. The molecule has 38 heavy (non-hydrogen) atoms. The summed E-state index contributed by atoms with van der Waals surface area (Å²) in [5.74, 6) is -1.97. The maximum atomic E-state index is 13.9. The molecule has 1 saturated heterocycles. The van der Waals surface area contributed by atoms with Crippen molar-refractivity contribution in [3.8, 4) is 5.75 Å². The van der Waals surface area contributed by atoms with E-state index in [9.17, 15) is 22.0 Å². The van der Waals surface area contributed by atoms with Crippen molar-refractivity contribution in [2.24, 2.45) is 5.41 Å². The minimum atomic E-state index is -4.14. The van der Waals surface area contributed by atoms with E-state index in [1.54, 1.807) is 36.2 Å². The summed E-state index contributed by atoms with van der Waals surface area (Å²) in [6.45, 7) is 0.679. The van der Waals surface area contributed by atoms with Crippen LogP contribution in [0.25, 0.3) is 0 Å². The molecule has 1 atom stereocenters. The molecule has 0 unspecified atom stereocenters. The van der Waals surface area contributed by atoms with Gasteiger partial charge in [0.25, 0.3) is 0 Å². The first kappa shape index (κ1) is 28.0. The SMILES string of the molecule is CN(Cc1ccccc1)C(=O)C[C@]1(COc2ccc(Cl)cc2)CCCN(S(=O)(=O)c2ccc(F)c(F)c2)C1. The number of carbonyl (C=O) groups is 1. The summed E-state index contributed by atoms with van der Waals surface area (Å²) in [7, 11) is -2.43. The molecule has 202 valence electrons. The quantitative estimate of drug-likeness (QED) is 0.345. The number of sulfonamides is 1. The number of nitrogens with zero attached hydrogens (tertiary/aromatic N) is 2. The van der Waals surface area contributed by atoms with Crippen LogP contribution in [-0.4, -0.2) is 50.3 Å². The molecule has 1 amide bonds. The van der Waals surface area contributed by atoms with Gasteiger partial charge in [0.2, 0.25) is 15.9 Å². The highest BCUT2D eigenvalue weighted by atomic mass is 35.5. The number of hydrogen-bond acceptors (Lipinski definition) is 4. The zero-order valence-corrected chi connectivity index (χ0v) is 22.5. The maximum absolute atomic E-state index is 13.9. The Kier molecular flexibility index (Phi) is 8.70. The van der Waals surface area contributed by atoms with Crippen molar-refractivity contribution >= 4 is 27.5 Å². The van der Waals surface area contributed by atoms with Gasteiger partial charge in [0.15, 0.2) is 11.6 Å². The molecule has 0 aromatic heterocycles. The molecule has 10 heteroatoms. The van der Waals surface area contributed by atoms with E-state index in [1.807, 2.05) is 30.3 Å². The van der Waals surface area contributed by atoms with Crippen molar-refractivity contribution in [2.45, 2.75) is 30.7 Å². The topological polar surface area (TPSA) is 66.9 Å². The Hall–Kier alpha value is -3.01. The third-order valence-corrected chi connectivity index (χ3v) is 8.82. The molecule has 0 N–H and O–H groups in total. The number of benzene rings is 3. The standard InChI is InChI=1S/C28H29ClF2N2O4S/c1-32(18-21-6-3-2-4-7-21)27(34)17-28(20-37-23-10-8-22(29)9-11-23)14-5-15-33(19-28)38(35,36)24-12-13-25(30)26(31)16-24/h2-4,6-13,16H,5,14-15,17-20H2,1H3/t28-/m1/s1. The van der Waals surface area contributed by atoms with Gasteiger partial charge in [-0.15, -0.1) is 0 Å². The van der Waals surface area contributed by atoms with Crippen molar-refractivity contribution in [3.05, 3.63) is 95.0 Å². The molecular weight excluding hydrogens is 534 g/mol. The summed E-state index contributed by atoms with van der Waals surface area (Å²) >= 11 is 5.98. The molecule has 0 saturated carbocycles. The first-order chi connectivity index (χ1) is 18.1. The average molecular weight is 563 g/mol. The fourth-order valence-electron chi connectivity index (χ4n) is 4.64. The van der Waals surface area contributed by atoms with Crippen LogP contribution >= 0.6 is 11.6 Å². The normalized spacial score (nSPS) is 18.2. The van der Waals surface area contributed by atoms with Crippen LogP contribution in [0.1, 0.15) is 24.8 Å². The molecule has 1 aliphatic heterocycles. The Morgan fingerprint density at radius 2 is 1.76 bits per heavy atom. The van der Waals surface area contributed by atoms with Crippen LogP contribution in [0.4, 0.5) is 8.78 Å². The molecular formula is C28H29ClF2N2O4S. The van der Waals surface area contributed by atoms with Crippen LogP contribution in [0.3, 0.4) is 0 Å². The highest BCUT2D eigenvalue weighted by molar-refractivity contribution is 7.89. The van der Waals surface area contributed by atoms with E-state index in [1.165, 1.54) is 4.31 Å². The molecule has 1 heterocycles. The van der Waals surface area contributed by atoms with Crippen molar-refractivity contribution < 1.29 is 26.7 Å². The largest absolute Gasteiger partial charge is 0.493 e. The molecule has 0 spiro atoms. The highest BCUT2D eigenvalue weighted by Gasteiger charge is 2.43. The second-order valence-electron chi connectivity index (χ2n) is 9.67. The minimum Gasteiger partial charge on any atom is -0.493 e. The zero-order valence-electron chi connectivity index (χ0n) is 20.9. The molecule has 0 radical (unpaired) electrons. The van der Waals surface area contributed by atoms with Gasteiger partial charge in [0.1, 0.15) is 5.75 Å². The monoisotopic (exact) mass is 562 g/mol. The summed E-state index contributed by atoms with van der Waals surface area (Å²) in [6, 6.07) is 18.9. The van der Waals surface area contributed by atoms with Gasteiger partial charge in [-0.3, -0.25) is 4.79 Å². The number of carbonyl (C=O) groups excluding carboxylic acids is 1.